The number of hydrogen-bond donors (Lipinski definition) is 1. The molecule has 1 saturated heterocycles. The average molecular weight is 265 g/mol. The van der Waals surface area contributed by atoms with Crippen molar-refractivity contribution >= 4 is 11.9 Å². The van der Waals surface area contributed by atoms with Crippen LogP contribution in [-0.2, 0) is 9.59 Å². The molecule has 0 bridgehead atoms. The van der Waals surface area contributed by atoms with Crippen molar-refractivity contribution in [3.8, 4) is 0 Å². The van der Waals surface area contributed by atoms with E-state index in [1.807, 2.05) is 11.0 Å². The molecule has 1 saturated carbocycles. The Hall–Kier alpha value is -1.32. The molecular formula is C15H23NO3. The van der Waals surface area contributed by atoms with Crippen molar-refractivity contribution in [3.05, 3.63) is 12.7 Å². The maximum absolute atomic E-state index is 12.4. The van der Waals surface area contributed by atoms with Crippen molar-refractivity contribution in [1.82, 2.24) is 4.90 Å². The van der Waals surface area contributed by atoms with Gasteiger partial charge in [0.05, 0.1) is 5.92 Å². The van der Waals surface area contributed by atoms with Crippen LogP contribution in [0.25, 0.3) is 0 Å². The maximum Gasteiger partial charge on any atom is 0.306 e. The van der Waals surface area contributed by atoms with Crippen molar-refractivity contribution in [1.29, 1.82) is 0 Å². The Bertz CT molecular complexity index is 350. The summed E-state index contributed by atoms with van der Waals surface area (Å²) in [6.45, 7) is 5.47. The molecule has 1 heterocycles. The number of carboxylic acids is 1. The molecule has 2 fully saturated rings. The molecule has 0 aromatic heterocycles. The van der Waals surface area contributed by atoms with Crippen molar-refractivity contribution in [2.75, 3.05) is 13.1 Å². The van der Waals surface area contributed by atoms with Crippen LogP contribution in [-0.4, -0.2) is 35.0 Å². The molecule has 0 radical (unpaired) electrons. The molecule has 0 aromatic rings. The number of allylic oxidation sites excluding steroid dienone is 1. The molecular weight excluding hydrogens is 242 g/mol. The third kappa shape index (κ3) is 3.37. The zero-order valence-corrected chi connectivity index (χ0v) is 11.4. The van der Waals surface area contributed by atoms with Gasteiger partial charge in [-0.3, -0.25) is 9.59 Å². The molecule has 1 N–H and O–H groups in total. The Morgan fingerprint density at radius 1 is 1.00 bits per heavy atom. The van der Waals surface area contributed by atoms with E-state index < -0.39 is 5.97 Å². The van der Waals surface area contributed by atoms with Gasteiger partial charge in [-0.05, 0) is 44.4 Å². The first-order valence-electron chi connectivity index (χ1n) is 7.26. The summed E-state index contributed by atoms with van der Waals surface area (Å²) in [6.07, 6.45) is 6.78. The molecule has 2 rings (SSSR count). The van der Waals surface area contributed by atoms with E-state index in [0.29, 0.717) is 18.8 Å². The Labute approximate surface area is 114 Å². The second-order valence-electron chi connectivity index (χ2n) is 5.79. The Balaban J connectivity index is 1.81. The monoisotopic (exact) mass is 265 g/mol. The number of carbonyl (C=O) groups is 2. The van der Waals surface area contributed by atoms with E-state index in [-0.39, 0.29) is 17.7 Å². The number of likely N-dealkylation sites (tertiary alicyclic amines) is 1. The van der Waals surface area contributed by atoms with Crippen LogP contribution in [0.3, 0.4) is 0 Å². The summed E-state index contributed by atoms with van der Waals surface area (Å²) in [5.74, 6) is -0.109. The summed E-state index contributed by atoms with van der Waals surface area (Å²) in [4.78, 5) is 25.2. The van der Waals surface area contributed by atoms with Gasteiger partial charge in [0, 0.05) is 19.0 Å². The van der Waals surface area contributed by atoms with Crippen LogP contribution in [0.2, 0.25) is 0 Å². The highest BCUT2D eigenvalue weighted by atomic mass is 16.4. The van der Waals surface area contributed by atoms with Gasteiger partial charge in [0.25, 0.3) is 0 Å². The summed E-state index contributed by atoms with van der Waals surface area (Å²) >= 11 is 0. The molecule has 1 aliphatic carbocycles. The highest BCUT2D eigenvalue weighted by Crippen LogP contribution is 2.31. The summed E-state index contributed by atoms with van der Waals surface area (Å²) in [6, 6.07) is 0. The van der Waals surface area contributed by atoms with Gasteiger partial charge in [-0.15, -0.1) is 6.58 Å². The lowest BCUT2D eigenvalue weighted by molar-refractivity contribution is -0.146. The summed E-state index contributed by atoms with van der Waals surface area (Å²) < 4.78 is 0. The number of nitrogens with zero attached hydrogens (tertiary/aromatic N) is 1. The number of carboxylic acid groups (broad SMARTS) is 1. The van der Waals surface area contributed by atoms with Crippen molar-refractivity contribution < 1.29 is 14.7 Å². The molecule has 0 unspecified atom stereocenters. The van der Waals surface area contributed by atoms with Gasteiger partial charge in [0.1, 0.15) is 0 Å². The van der Waals surface area contributed by atoms with E-state index in [1.165, 1.54) is 0 Å². The quantitative estimate of drug-likeness (QED) is 0.797. The van der Waals surface area contributed by atoms with E-state index in [9.17, 15) is 9.59 Å². The highest BCUT2D eigenvalue weighted by molar-refractivity contribution is 5.79. The van der Waals surface area contributed by atoms with Crippen LogP contribution in [0.15, 0.2) is 12.7 Å². The highest BCUT2D eigenvalue weighted by Gasteiger charge is 2.33. The lowest BCUT2D eigenvalue weighted by Gasteiger charge is -2.35. The minimum Gasteiger partial charge on any atom is -0.481 e. The first-order valence-corrected chi connectivity index (χ1v) is 7.26. The summed E-state index contributed by atoms with van der Waals surface area (Å²) in [7, 11) is 0. The second-order valence-corrected chi connectivity index (χ2v) is 5.79. The number of rotatable bonds is 3. The molecule has 1 aliphatic heterocycles. The molecule has 4 nitrogen and oxygen atoms in total. The fourth-order valence-electron chi connectivity index (χ4n) is 3.20. The van der Waals surface area contributed by atoms with Crippen molar-refractivity contribution in [3.63, 3.8) is 0 Å². The van der Waals surface area contributed by atoms with Crippen LogP contribution in [0.5, 0.6) is 0 Å². The van der Waals surface area contributed by atoms with Gasteiger partial charge in [0.2, 0.25) is 5.91 Å². The number of amides is 1. The predicted octanol–water partition coefficient (Wildman–Crippen LogP) is 2.30. The van der Waals surface area contributed by atoms with Gasteiger partial charge in [-0.2, -0.15) is 0 Å². The summed E-state index contributed by atoms with van der Waals surface area (Å²) in [5, 5.41) is 8.96. The Morgan fingerprint density at radius 3 is 2.00 bits per heavy atom. The number of hydrogen-bond acceptors (Lipinski definition) is 2. The Morgan fingerprint density at radius 2 is 1.53 bits per heavy atom. The van der Waals surface area contributed by atoms with E-state index in [2.05, 4.69) is 6.58 Å². The van der Waals surface area contributed by atoms with Gasteiger partial charge in [-0.1, -0.05) is 6.08 Å². The van der Waals surface area contributed by atoms with E-state index in [4.69, 9.17) is 5.11 Å². The second kappa shape index (κ2) is 6.22. The minimum absolute atomic E-state index is 0.0517. The molecule has 19 heavy (non-hydrogen) atoms. The van der Waals surface area contributed by atoms with Gasteiger partial charge in [0.15, 0.2) is 0 Å². The molecule has 0 atom stereocenters. The predicted molar refractivity (Wildman–Crippen MR) is 72.6 cm³/mol. The molecule has 106 valence electrons. The lowest BCUT2D eigenvalue weighted by atomic mass is 9.81. The van der Waals surface area contributed by atoms with Crippen LogP contribution < -0.4 is 0 Å². The standard InChI is InChI=1S/C15H23NO3/c1-2-11-7-9-16(10-8-11)14(17)12-3-5-13(6-4-12)15(18)19/h2,11-13H,1,3-10H2,(H,18,19). The zero-order chi connectivity index (χ0) is 13.8. The average Bonchev–Trinajstić information content (AvgIpc) is 2.46. The fourth-order valence-corrected chi connectivity index (χ4v) is 3.20. The van der Waals surface area contributed by atoms with Crippen LogP contribution in [0.4, 0.5) is 0 Å². The molecule has 4 heteroatoms. The summed E-state index contributed by atoms with van der Waals surface area (Å²) in [5.41, 5.74) is 0. The van der Waals surface area contributed by atoms with Gasteiger partial charge >= 0.3 is 5.97 Å². The van der Waals surface area contributed by atoms with Gasteiger partial charge < -0.3 is 10.0 Å². The largest absolute Gasteiger partial charge is 0.481 e. The van der Waals surface area contributed by atoms with Crippen molar-refractivity contribution in [2.24, 2.45) is 17.8 Å². The molecule has 2 aliphatic rings. The van der Waals surface area contributed by atoms with Gasteiger partial charge in [-0.25, -0.2) is 0 Å². The first-order chi connectivity index (χ1) is 9.11. The van der Waals surface area contributed by atoms with Crippen LogP contribution in [0.1, 0.15) is 38.5 Å². The molecule has 1 amide bonds. The van der Waals surface area contributed by atoms with Crippen LogP contribution in [0, 0.1) is 17.8 Å². The Kier molecular flexibility index (Phi) is 4.61. The topological polar surface area (TPSA) is 57.6 Å². The third-order valence-electron chi connectivity index (χ3n) is 4.61. The van der Waals surface area contributed by atoms with E-state index >= 15 is 0 Å². The third-order valence-corrected chi connectivity index (χ3v) is 4.61. The minimum atomic E-state index is -0.710. The number of piperidine rings is 1. The lowest BCUT2D eigenvalue weighted by Crippen LogP contribution is -2.42. The van der Waals surface area contributed by atoms with Crippen LogP contribution >= 0.6 is 0 Å². The normalized spacial score (nSPS) is 28.9. The smallest absolute Gasteiger partial charge is 0.306 e. The number of carbonyl (C=O) groups excluding carboxylic acids is 1. The molecule has 0 spiro atoms. The SMILES string of the molecule is C=CC1CCN(C(=O)C2CCC(C(=O)O)CC2)CC1. The fraction of sp³-hybridized carbons (Fsp3) is 0.733. The zero-order valence-electron chi connectivity index (χ0n) is 11.4. The van der Waals surface area contributed by atoms with E-state index in [1.54, 1.807) is 0 Å². The first kappa shape index (κ1) is 14.1. The maximum atomic E-state index is 12.4. The van der Waals surface area contributed by atoms with E-state index in [0.717, 1.165) is 38.8 Å². The number of aliphatic carboxylic acids is 1. The molecule has 0 aromatic carbocycles. The van der Waals surface area contributed by atoms with Crippen molar-refractivity contribution in [2.45, 2.75) is 38.5 Å².